The Morgan fingerprint density at radius 2 is 2.11 bits per heavy atom. The van der Waals surface area contributed by atoms with Crippen LogP contribution in [-0.2, 0) is 20.5 Å². The second-order valence-corrected chi connectivity index (χ2v) is 4.88. The van der Waals surface area contributed by atoms with Gasteiger partial charge in [0.2, 0.25) is 0 Å². The summed E-state index contributed by atoms with van der Waals surface area (Å²) in [5.74, 6) is 0.799. The van der Waals surface area contributed by atoms with E-state index in [4.69, 9.17) is 18.0 Å². The maximum absolute atomic E-state index is 5.78. The predicted molar refractivity (Wildman–Crippen MR) is 79.7 cm³/mol. The summed E-state index contributed by atoms with van der Waals surface area (Å²) in [5, 5.41) is 12.1. The zero-order chi connectivity index (χ0) is 14.2. The highest BCUT2D eigenvalue weighted by molar-refractivity contribution is 7.80. The third kappa shape index (κ3) is 2.46. The molecule has 2 aromatic rings. The molecule has 0 atom stereocenters. The summed E-state index contributed by atoms with van der Waals surface area (Å²) in [7, 11) is 3.76. The average molecular weight is 278 g/mol. The van der Waals surface area contributed by atoms with Gasteiger partial charge >= 0.3 is 0 Å². The second kappa shape index (κ2) is 5.00. The van der Waals surface area contributed by atoms with Crippen molar-refractivity contribution in [1.82, 2.24) is 19.6 Å². The first-order chi connectivity index (χ1) is 8.93. The van der Waals surface area contributed by atoms with E-state index in [0.29, 0.717) is 4.99 Å². The number of nitrogens with two attached hydrogens (primary N) is 1. The van der Waals surface area contributed by atoms with Crippen molar-refractivity contribution in [3.63, 3.8) is 0 Å². The molecule has 102 valence electrons. The fraction of sp³-hybridized carbons (Fsp3) is 0.417. The van der Waals surface area contributed by atoms with Crippen LogP contribution >= 0.6 is 12.2 Å². The number of hydrogen-bond donors (Lipinski definition) is 2. The van der Waals surface area contributed by atoms with E-state index >= 15 is 0 Å². The Hall–Kier alpha value is -1.89. The number of nitrogens with zero attached hydrogens (tertiary/aromatic N) is 4. The van der Waals surface area contributed by atoms with Gasteiger partial charge in [-0.25, -0.2) is 0 Å². The van der Waals surface area contributed by atoms with Gasteiger partial charge in [0.15, 0.2) is 0 Å². The molecular weight excluding hydrogens is 260 g/mol. The molecular formula is C12H18N6S. The van der Waals surface area contributed by atoms with Gasteiger partial charge in [0.25, 0.3) is 0 Å². The maximum Gasteiger partial charge on any atom is 0.139 e. The lowest BCUT2D eigenvalue weighted by Gasteiger charge is -2.08. The molecule has 2 aromatic heterocycles. The third-order valence-electron chi connectivity index (χ3n) is 2.96. The summed E-state index contributed by atoms with van der Waals surface area (Å²) < 4.78 is 3.53. The minimum absolute atomic E-state index is 0.343. The lowest BCUT2D eigenvalue weighted by molar-refractivity contribution is 0.746. The van der Waals surface area contributed by atoms with Gasteiger partial charge in [0.05, 0.1) is 22.6 Å². The maximum atomic E-state index is 5.78. The molecule has 19 heavy (non-hydrogen) atoms. The third-order valence-corrected chi connectivity index (χ3v) is 3.17. The molecule has 0 aliphatic heterocycles. The molecule has 0 unspecified atom stereocenters. The normalized spacial score (nSPS) is 10.7. The number of aromatic nitrogens is 4. The van der Waals surface area contributed by atoms with Crippen LogP contribution in [0.5, 0.6) is 0 Å². The van der Waals surface area contributed by atoms with Crippen LogP contribution in [0.3, 0.4) is 0 Å². The Morgan fingerprint density at radius 1 is 1.42 bits per heavy atom. The molecule has 2 heterocycles. The Labute approximate surface area is 117 Å². The van der Waals surface area contributed by atoms with Gasteiger partial charge in [-0.2, -0.15) is 10.2 Å². The minimum Gasteiger partial charge on any atom is -0.389 e. The highest BCUT2D eigenvalue weighted by Gasteiger charge is 2.17. The molecule has 0 aliphatic rings. The Bertz CT molecular complexity index is 624. The van der Waals surface area contributed by atoms with Gasteiger partial charge in [0.1, 0.15) is 10.8 Å². The smallest absolute Gasteiger partial charge is 0.139 e. The molecule has 2 rings (SSSR count). The minimum atomic E-state index is 0.343. The molecule has 0 aliphatic carbocycles. The fourth-order valence-corrected chi connectivity index (χ4v) is 2.37. The summed E-state index contributed by atoms with van der Waals surface area (Å²) in [4.78, 5) is 0.343. The first-order valence-corrected chi connectivity index (χ1v) is 6.47. The van der Waals surface area contributed by atoms with Crippen molar-refractivity contribution in [2.75, 3.05) is 5.32 Å². The van der Waals surface area contributed by atoms with Crippen molar-refractivity contribution in [3.8, 4) is 0 Å². The Balaban J connectivity index is 2.46. The molecule has 0 saturated heterocycles. The summed E-state index contributed by atoms with van der Waals surface area (Å²) in [6, 6.07) is 0. The highest BCUT2D eigenvalue weighted by atomic mass is 32.1. The highest BCUT2D eigenvalue weighted by Crippen LogP contribution is 2.25. The monoisotopic (exact) mass is 278 g/mol. The van der Waals surface area contributed by atoms with E-state index in [-0.39, 0.29) is 0 Å². The molecule has 6 nitrogen and oxygen atoms in total. The summed E-state index contributed by atoms with van der Waals surface area (Å²) >= 11 is 5.10. The van der Waals surface area contributed by atoms with E-state index in [2.05, 4.69) is 22.4 Å². The van der Waals surface area contributed by atoms with Gasteiger partial charge < -0.3 is 11.1 Å². The van der Waals surface area contributed by atoms with Crippen LogP contribution in [-0.4, -0.2) is 24.5 Å². The van der Waals surface area contributed by atoms with Crippen molar-refractivity contribution >= 4 is 28.7 Å². The molecule has 0 fully saturated rings. The van der Waals surface area contributed by atoms with E-state index in [1.54, 1.807) is 9.36 Å². The number of anilines is 2. The van der Waals surface area contributed by atoms with Crippen LogP contribution in [0, 0.1) is 6.92 Å². The Morgan fingerprint density at radius 3 is 2.68 bits per heavy atom. The van der Waals surface area contributed by atoms with E-state index in [1.165, 1.54) is 0 Å². The van der Waals surface area contributed by atoms with Gasteiger partial charge in [-0.1, -0.05) is 19.1 Å². The van der Waals surface area contributed by atoms with Gasteiger partial charge in [-0.3, -0.25) is 9.36 Å². The summed E-state index contributed by atoms with van der Waals surface area (Å²) in [6.07, 6.45) is 2.78. The molecule has 0 spiro atoms. The first kappa shape index (κ1) is 13.5. The molecule has 3 N–H and O–H groups in total. The lowest BCUT2D eigenvalue weighted by Crippen LogP contribution is -2.13. The number of aryl methyl sites for hydroxylation is 4. The van der Waals surface area contributed by atoms with Crippen LogP contribution in [0.15, 0.2) is 6.20 Å². The summed E-state index contributed by atoms with van der Waals surface area (Å²) in [6.45, 7) is 3.96. The van der Waals surface area contributed by atoms with E-state index in [1.807, 2.05) is 27.2 Å². The van der Waals surface area contributed by atoms with E-state index in [9.17, 15) is 0 Å². The standard InChI is InChI=1S/C12H18N6S/c1-5-8-9(6-17(3)16-8)14-12-10(11(13)19)7(2)15-18(12)4/h6,14H,5H2,1-4H3,(H2,13,19). The molecule has 7 heteroatoms. The van der Waals surface area contributed by atoms with E-state index < -0.39 is 0 Å². The fourth-order valence-electron chi connectivity index (χ4n) is 2.12. The largest absolute Gasteiger partial charge is 0.389 e. The number of rotatable bonds is 4. The lowest BCUT2D eigenvalue weighted by atomic mass is 10.2. The quantitative estimate of drug-likeness (QED) is 0.827. The zero-order valence-corrected chi connectivity index (χ0v) is 12.4. The van der Waals surface area contributed by atoms with Crippen molar-refractivity contribution in [3.05, 3.63) is 23.1 Å². The number of hydrogen-bond acceptors (Lipinski definition) is 4. The average Bonchev–Trinajstić information content (AvgIpc) is 2.80. The van der Waals surface area contributed by atoms with Crippen LogP contribution in [0.1, 0.15) is 23.9 Å². The first-order valence-electron chi connectivity index (χ1n) is 6.07. The van der Waals surface area contributed by atoms with Crippen molar-refractivity contribution in [2.45, 2.75) is 20.3 Å². The molecule has 0 amide bonds. The van der Waals surface area contributed by atoms with Crippen LogP contribution < -0.4 is 11.1 Å². The van der Waals surface area contributed by atoms with E-state index in [0.717, 1.165) is 34.9 Å². The number of nitrogens with one attached hydrogen (secondary N) is 1. The Kier molecular flexibility index (Phi) is 3.57. The van der Waals surface area contributed by atoms with Crippen LogP contribution in [0.25, 0.3) is 0 Å². The number of thiocarbonyl (C=S) groups is 1. The molecule has 0 radical (unpaired) electrons. The zero-order valence-electron chi connectivity index (χ0n) is 11.6. The van der Waals surface area contributed by atoms with Crippen molar-refractivity contribution in [2.24, 2.45) is 19.8 Å². The molecule has 0 bridgehead atoms. The molecule has 0 aromatic carbocycles. The van der Waals surface area contributed by atoms with Crippen LogP contribution in [0.2, 0.25) is 0 Å². The summed E-state index contributed by atoms with van der Waals surface area (Å²) in [5.41, 5.74) is 9.32. The van der Waals surface area contributed by atoms with Crippen molar-refractivity contribution in [1.29, 1.82) is 0 Å². The molecule has 0 saturated carbocycles. The predicted octanol–water partition coefficient (Wildman–Crippen LogP) is 1.40. The van der Waals surface area contributed by atoms with Gasteiger partial charge in [-0.15, -0.1) is 0 Å². The van der Waals surface area contributed by atoms with Gasteiger partial charge in [0, 0.05) is 20.3 Å². The second-order valence-electron chi connectivity index (χ2n) is 4.44. The van der Waals surface area contributed by atoms with Crippen LogP contribution in [0.4, 0.5) is 11.5 Å². The SMILES string of the molecule is CCc1nn(C)cc1Nc1c(C(N)=S)c(C)nn1C. The van der Waals surface area contributed by atoms with Gasteiger partial charge in [-0.05, 0) is 13.3 Å². The topological polar surface area (TPSA) is 73.7 Å². The van der Waals surface area contributed by atoms with Crippen molar-refractivity contribution < 1.29 is 0 Å².